The van der Waals surface area contributed by atoms with Gasteiger partial charge in [-0.1, -0.05) is 0 Å². The lowest BCUT2D eigenvalue weighted by molar-refractivity contribution is -0.201. The van der Waals surface area contributed by atoms with Gasteiger partial charge in [-0.25, -0.2) is 4.79 Å². The molecule has 0 amide bonds. The van der Waals surface area contributed by atoms with Crippen molar-refractivity contribution in [3.8, 4) is 0 Å². The minimum Gasteiger partial charge on any atom is -0.386 e. The van der Waals surface area contributed by atoms with Gasteiger partial charge in [0, 0.05) is 6.42 Å². The third-order valence-corrected chi connectivity index (χ3v) is 2.06. The van der Waals surface area contributed by atoms with Crippen molar-refractivity contribution >= 4 is 11.9 Å². The highest BCUT2D eigenvalue weighted by atomic mass is 19.4. The third-order valence-electron chi connectivity index (χ3n) is 2.06. The number of carbonyl (C=O) groups excluding carboxylic acids is 2. The van der Waals surface area contributed by atoms with Gasteiger partial charge in [0.1, 0.15) is 0 Å². The Morgan fingerprint density at radius 3 is 2.33 bits per heavy atom. The summed E-state index contributed by atoms with van der Waals surface area (Å²) in [5.74, 6) is -3.28. The molecule has 1 heterocycles. The second-order valence-electron chi connectivity index (χ2n) is 3.32. The third kappa shape index (κ3) is 3.86. The molecule has 0 unspecified atom stereocenters. The molecule has 1 N–H and O–H groups in total. The van der Waals surface area contributed by atoms with Crippen LogP contribution in [0.25, 0.3) is 0 Å². The first-order chi connectivity index (χ1) is 6.89. The van der Waals surface area contributed by atoms with E-state index in [0.717, 1.165) is 13.1 Å². The number of nitrogens with one attached hydrogen (secondary N) is 1. The molecule has 0 bridgehead atoms. The lowest BCUT2D eigenvalue weighted by atomic mass is 9.98. The van der Waals surface area contributed by atoms with Crippen LogP contribution in [0, 0.1) is 5.92 Å². The van der Waals surface area contributed by atoms with Crippen LogP contribution in [0.15, 0.2) is 0 Å². The number of esters is 2. The summed E-state index contributed by atoms with van der Waals surface area (Å²) < 4.78 is 38.6. The molecule has 0 aliphatic carbocycles. The van der Waals surface area contributed by atoms with Gasteiger partial charge >= 0.3 is 18.1 Å². The molecule has 4 nitrogen and oxygen atoms in total. The molecule has 0 aromatic rings. The molecular formula is C8H10F3NO3. The number of carbonyl (C=O) groups is 2. The molecule has 1 fully saturated rings. The maximum atomic E-state index is 11.6. The summed E-state index contributed by atoms with van der Waals surface area (Å²) in [6.45, 7) is 1.50. The van der Waals surface area contributed by atoms with Crippen LogP contribution in [-0.2, 0) is 14.3 Å². The van der Waals surface area contributed by atoms with Crippen molar-refractivity contribution in [2.75, 3.05) is 13.1 Å². The molecule has 86 valence electrons. The van der Waals surface area contributed by atoms with Gasteiger partial charge in [0.15, 0.2) is 0 Å². The molecule has 1 rings (SSSR count). The second kappa shape index (κ2) is 4.61. The van der Waals surface area contributed by atoms with Crippen molar-refractivity contribution in [1.82, 2.24) is 5.32 Å². The molecule has 7 heteroatoms. The normalized spacial score (nSPS) is 17.0. The first kappa shape index (κ1) is 12.0. The Balaban J connectivity index is 2.20. The van der Waals surface area contributed by atoms with E-state index in [1.165, 1.54) is 0 Å². The highest BCUT2D eigenvalue weighted by Crippen LogP contribution is 2.17. The van der Waals surface area contributed by atoms with Crippen LogP contribution >= 0.6 is 0 Å². The average Bonchev–Trinajstić information content (AvgIpc) is 1.99. The molecule has 0 aromatic carbocycles. The van der Waals surface area contributed by atoms with Crippen LogP contribution < -0.4 is 5.32 Å². The van der Waals surface area contributed by atoms with Gasteiger partial charge in [0.05, 0.1) is 0 Å². The van der Waals surface area contributed by atoms with E-state index in [1.807, 2.05) is 0 Å². The van der Waals surface area contributed by atoms with Gasteiger partial charge in [0.25, 0.3) is 0 Å². The van der Waals surface area contributed by atoms with Gasteiger partial charge in [-0.2, -0.15) is 13.2 Å². The number of alkyl halides is 3. The molecule has 0 radical (unpaired) electrons. The Labute approximate surface area is 83.8 Å². The Kier molecular flexibility index (Phi) is 3.67. The van der Waals surface area contributed by atoms with E-state index < -0.39 is 18.1 Å². The molecule has 1 saturated heterocycles. The van der Waals surface area contributed by atoms with E-state index in [2.05, 4.69) is 10.1 Å². The van der Waals surface area contributed by atoms with Crippen LogP contribution in [-0.4, -0.2) is 31.2 Å². The Hall–Kier alpha value is -1.11. The first-order valence-electron chi connectivity index (χ1n) is 4.42. The number of rotatable bonds is 3. The van der Waals surface area contributed by atoms with Crippen molar-refractivity contribution in [3.63, 3.8) is 0 Å². The van der Waals surface area contributed by atoms with Gasteiger partial charge in [-0.15, -0.1) is 0 Å². The van der Waals surface area contributed by atoms with E-state index >= 15 is 0 Å². The summed E-state index contributed by atoms with van der Waals surface area (Å²) in [5.41, 5.74) is 0. The Bertz CT molecular complexity index is 260. The molecule has 1 aliphatic rings. The topological polar surface area (TPSA) is 55.4 Å². The monoisotopic (exact) mass is 225 g/mol. The summed E-state index contributed by atoms with van der Waals surface area (Å²) >= 11 is 0. The van der Waals surface area contributed by atoms with Crippen LogP contribution in [0.2, 0.25) is 0 Å². The molecular weight excluding hydrogens is 215 g/mol. The lowest BCUT2D eigenvalue weighted by Gasteiger charge is -2.26. The maximum Gasteiger partial charge on any atom is 0.491 e. The number of halogens is 3. The van der Waals surface area contributed by atoms with Gasteiger partial charge < -0.3 is 10.1 Å². The van der Waals surface area contributed by atoms with E-state index in [0.29, 0.717) is 12.3 Å². The summed E-state index contributed by atoms with van der Waals surface area (Å²) in [6, 6.07) is 0. The molecule has 0 spiro atoms. The molecule has 1 aliphatic heterocycles. The Morgan fingerprint density at radius 2 is 1.93 bits per heavy atom. The largest absolute Gasteiger partial charge is 0.491 e. The van der Waals surface area contributed by atoms with Crippen molar-refractivity contribution in [3.05, 3.63) is 0 Å². The fraction of sp³-hybridized carbons (Fsp3) is 0.750. The average molecular weight is 225 g/mol. The van der Waals surface area contributed by atoms with Crippen molar-refractivity contribution < 1.29 is 27.5 Å². The zero-order valence-corrected chi connectivity index (χ0v) is 7.76. The predicted octanol–water partition coefficient (Wildman–Crippen LogP) is 0.618. The van der Waals surface area contributed by atoms with Gasteiger partial charge in [0.2, 0.25) is 0 Å². The highest BCUT2D eigenvalue weighted by Gasteiger charge is 2.42. The molecule has 0 saturated carbocycles. The second-order valence-corrected chi connectivity index (χ2v) is 3.32. The van der Waals surface area contributed by atoms with E-state index in [1.54, 1.807) is 0 Å². The quantitative estimate of drug-likeness (QED) is 0.565. The van der Waals surface area contributed by atoms with Crippen molar-refractivity contribution in [2.24, 2.45) is 5.92 Å². The summed E-state index contributed by atoms with van der Waals surface area (Å²) in [5, 5.41) is 2.95. The SMILES string of the molecule is O=C(CCC1CNC1)OC(=O)C(F)(F)F. The highest BCUT2D eigenvalue weighted by molar-refractivity contribution is 5.88. The summed E-state index contributed by atoms with van der Waals surface area (Å²) in [4.78, 5) is 21.0. The zero-order chi connectivity index (χ0) is 11.5. The van der Waals surface area contributed by atoms with Gasteiger partial charge in [-0.3, -0.25) is 4.79 Å². The van der Waals surface area contributed by atoms with Crippen LogP contribution in [0.4, 0.5) is 13.2 Å². The predicted molar refractivity (Wildman–Crippen MR) is 42.7 cm³/mol. The van der Waals surface area contributed by atoms with E-state index in [9.17, 15) is 22.8 Å². The van der Waals surface area contributed by atoms with E-state index in [4.69, 9.17) is 0 Å². The minimum atomic E-state index is -5.10. The van der Waals surface area contributed by atoms with Crippen molar-refractivity contribution in [1.29, 1.82) is 0 Å². The minimum absolute atomic E-state index is 0.159. The van der Waals surface area contributed by atoms with E-state index in [-0.39, 0.29) is 6.42 Å². The van der Waals surface area contributed by atoms with Crippen molar-refractivity contribution in [2.45, 2.75) is 19.0 Å². The Morgan fingerprint density at radius 1 is 1.33 bits per heavy atom. The molecule has 15 heavy (non-hydrogen) atoms. The lowest BCUT2D eigenvalue weighted by Crippen LogP contribution is -2.42. The van der Waals surface area contributed by atoms with Crippen LogP contribution in [0.3, 0.4) is 0 Å². The smallest absolute Gasteiger partial charge is 0.386 e. The maximum absolute atomic E-state index is 11.6. The molecule has 0 atom stereocenters. The fourth-order valence-electron chi connectivity index (χ4n) is 1.09. The van der Waals surface area contributed by atoms with Crippen LogP contribution in [0.1, 0.15) is 12.8 Å². The van der Waals surface area contributed by atoms with Crippen LogP contribution in [0.5, 0.6) is 0 Å². The first-order valence-corrected chi connectivity index (χ1v) is 4.42. The summed E-state index contributed by atoms with van der Waals surface area (Å²) in [7, 11) is 0. The van der Waals surface area contributed by atoms with Gasteiger partial charge in [-0.05, 0) is 25.4 Å². The summed E-state index contributed by atoms with van der Waals surface area (Å²) in [6.07, 6.45) is -4.82. The molecule has 0 aromatic heterocycles. The standard InChI is InChI=1S/C8H10F3NO3/c9-8(10,11)7(14)15-6(13)2-1-5-3-12-4-5/h5,12H,1-4H2. The number of ether oxygens (including phenoxy) is 1. The fourth-order valence-corrected chi connectivity index (χ4v) is 1.09. The number of hydrogen-bond donors (Lipinski definition) is 1. The number of hydrogen-bond acceptors (Lipinski definition) is 4. The zero-order valence-electron chi connectivity index (χ0n) is 7.76.